The molecular weight excluding hydrogens is 148 g/mol. The smallest absolute Gasteiger partial charge is 0.358 e. The Hall–Kier alpha value is -2.03. The first-order valence-corrected chi connectivity index (χ1v) is 2.61. The van der Waals surface area contributed by atoms with Crippen molar-refractivity contribution in [2.75, 3.05) is 0 Å². The summed E-state index contributed by atoms with van der Waals surface area (Å²) >= 11 is 0. The molecule has 0 saturated carbocycles. The highest BCUT2D eigenvalue weighted by molar-refractivity contribution is 5.21. The second-order valence-electron chi connectivity index (χ2n) is 1.61. The van der Waals surface area contributed by atoms with E-state index < -0.39 is 4.92 Å². The Bertz CT molecular complexity index is 329. The van der Waals surface area contributed by atoms with Gasteiger partial charge in [-0.25, -0.2) is 4.98 Å². The lowest BCUT2D eigenvalue weighted by Crippen LogP contribution is -1.95. The average molecular weight is 150 g/mol. The van der Waals surface area contributed by atoms with Crippen LogP contribution >= 0.6 is 0 Å². The van der Waals surface area contributed by atoms with Crippen molar-refractivity contribution < 1.29 is 4.92 Å². The number of hydrogen-bond acceptors (Lipinski definition) is 5. The second kappa shape index (κ2) is 2.70. The summed E-state index contributed by atoms with van der Waals surface area (Å²) in [4.78, 5) is 16.2. The van der Waals surface area contributed by atoms with Crippen LogP contribution in [0.3, 0.4) is 0 Å². The predicted octanol–water partition coefficient (Wildman–Crippen LogP) is 0.256. The van der Waals surface area contributed by atoms with Gasteiger partial charge in [-0.2, -0.15) is 5.26 Å². The predicted molar refractivity (Wildman–Crippen MR) is 33.4 cm³/mol. The quantitative estimate of drug-likeness (QED) is 0.422. The van der Waals surface area contributed by atoms with Crippen LogP contribution in [0.2, 0.25) is 0 Å². The molecule has 6 nitrogen and oxygen atoms in total. The molecule has 0 aliphatic carbocycles. The van der Waals surface area contributed by atoms with Crippen LogP contribution in [0.25, 0.3) is 0 Å². The minimum atomic E-state index is -0.678. The maximum absolute atomic E-state index is 10.1. The molecule has 1 aromatic heterocycles. The summed E-state index contributed by atoms with van der Waals surface area (Å²) < 4.78 is 0. The monoisotopic (exact) mass is 150 g/mol. The molecule has 1 rings (SSSR count). The third-order valence-corrected chi connectivity index (χ3v) is 0.928. The molecule has 0 atom stereocenters. The van der Waals surface area contributed by atoms with Crippen molar-refractivity contribution >= 4 is 5.82 Å². The number of nitriles is 1. The zero-order valence-corrected chi connectivity index (χ0v) is 5.26. The van der Waals surface area contributed by atoms with Gasteiger partial charge >= 0.3 is 11.6 Å². The fourth-order valence-electron chi connectivity index (χ4n) is 0.505. The van der Waals surface area contributed by atoms with Crippen molar-refractivity contribution in [3.63, 3.8) is 0 Å². The van der Waals surface area contributed by atoms with Gasteiger partial charge < -0.3 is 10.1 Å². The van der Waals surface area contributed by atoms with Crippen molar-refractivity contribution in [2.45, 2.75) is 0 Å². The van der Waals surface area contributed by atoms with Crippen LogP contribution in [0.1, 0.15) is 5.82 Å². The molecule has 54 valence electrons. The van der Waals surface area contributed by atoms with E-state index in [4.69, 9.17) is 5.26 Å². The zero-order valence-electron chi connectivity index (χ0n) is 5.26. The Morgan fingerprint density at radius 1 is 1.73 bits per heavy atom. The van der Waals surface area contributed by atoms with E-state index in [2.05, 4.69) is 9.97 Å². The molecule has 0 fully saturated rings. The summed E-state index contributed by atoms with van der Waals surface area (Å²) in [5, 5.41) is 18.3. The van der Waals surface area contributed by atoms with E-state index in [1.165, 1.54) is 6.20 Å². The summed E-state index contributed by atoms with van der Waals surface area (Å²) in [6.45, 7) is 0. The highest BCUT2D eigenvalue weighted by Gasteiger charge is 2.08. The molecule has 6 heteroatoms. The first kappa shape index (κ1) is 7.08. The van der Waals surface area contributed by atoms with E-state index in [1.54, 1.807) is 6.07 Å². The van der Waals surface area contributed by atoms with Crippen LogP contribution in [0.4, 0.5) is 5.82 Å². The van der Waals surface area contributed by atoms with Gasteiger partial charge in [-0.1, -0.05) is 0 Å². The highest BCUT2D eigenvalue weighted by atomic mass is 16.6. The third-order valence-electron chi connectivity index (χ3n) is 0.928. The molecule has 11 heavy (non-hydrogen) atoms. The Labute approximate surface area is 61.3 Å². The Balaban J connectivity index is 3.13. The van der Waals surface area contributed by atoms with E-state index in [-0.39, 0.29) is 11.6 Å². The summed E-state index contributed by atoms with van der Waals surface area (Å²) in [6, 6.07) is 2.72. The third kappa shape index (κ3) is 1.46. The van der Waals surface area contributed by atoms with Gasteiger partial charge in [-0.05, 0) is 9.91 Å². The van der Waals surface area contributed by atoms with Crippen molar-refractivity contribution in [1.29, 1.82) is 5.26 Å². The Morgan fingerprint density at radius 3 is 3.00 bits per heavy atom. The molecule has 0 spiro atoms. The second-order valence-corrected chi connectivity index (χ2v) is 1.61. The first-order valence-electron chi connectivity index (χ1n) is 2.61. The van der Waals surface area contributed by atoms with Crippen LogP contribution in [-0.4, -0.2) is 14.9 Å². The van der Waals surface area contributed by atoms with E-state index in [0.717, 1.165) is 6.07 Å². The van der Waals surface area contributed by atoms with Gasteiger partial charge in [-0.15, -0.1) is 0 Å². The van der Waals surface area contributed by atoms with E-state index >= 15 is 0 Å². The van der Waals surface area contributed by atoms with Crippen LogP contribution in [0.5, 0.6) is 0 Å². The molecule has 1 aromatic rings. The Morgan fingerprint density at radius 2 is 2.45 bits per heavy atom. The molecule has 0 radical (unpaired) electrons. The summed E-state index contributed by atoms with van der Waals surface area (Å²) in [6.07, 6.45) is 1.17. The highest BCUT2D eigenvalue weighted by Crippen LogP contribution is 2.03. The lowest BCUT2D eigenvalue weighted by Gasteiger charge is -1.87. The van der Waals surface area contributed by atoms with Crippen molar-refractivity contribution in [1.82, 2.24) is 9.97 Å². The summed E-state index contributed by atoms with van der Waals surface area (Å²) in [5.74, 6) is -0.559. The summed E-state index contributed by atoms with van der Waals surface area (Å²) in [7, 11) is 0. The molecule has 0 unspecified atom stereocenters. The molecular formula is C5H2N4O2. The normalized spacial score (nSPS) is 8.64. The fraction of sp³-hybridized carbons (Fsp3) is 0. The SMILES string of the molecule is N#Cc1nccc([N+](=O)[O-])n1. The molecule has 0 bridgehead atoms. The number of hydrogen-bond donors (Lipinski definition) is 0. The van der Waals surface area contributed by atoms with Gasteiger partial charge in [0.1, 0.15) is 0 Å². The molecule has 0 N–H and O–H groups in total. The maximum Gasteiger partial charge on any atom is 0.368 e. The minimum absolute atomic E-state index is 0.195. The van der Waals surface area contributed by atoms with Crippen molar-refractivity contribution in [3.05, 3.63) is 28.2 Å². The van der Waals surface area contributed by atoms with Crippen LogP contribution in [-0.2, 0) is 0 Å². The van der Waals surface area contributed by atoms with E-state index in [9.17, 15) is 10.1 Å². The molecule has 0 saturated heterocycles. The fourth-order valence-corrected chi connectivity index (χ4v) is 0.505. The lowest BCUT2D eigenvalue weighted by molar-refractivity contribution is -0.389. The number of nitro groups is 1. The van der Waals surface area contributed by atoms with Gasteiger partial charge in [0.25, 0.3) is 0 Å². The van der Waals surface area contributed by atoms with Crippen LogP contribution in [0.15, 0.2) is 12.3 Å². The molecule has 1 heterocycles. The van der Waals surface area contributed by atoms with Gasteiger partial charge in [0, 0.05) is 6.20 Å². The number of nitrogens with zero attached hydrogens (tertiary/aromatic N) is 4. The van der Waals surface area contributed by atoms with Crippen LogP contribution < -0.4 is 0 Å². The van der Waals surface area contributed by atoms with Crippen molar-refractivity contribution in [2.24, 2.45) is 0 Å². The standard InChI is InChI=1S/C5H2N4O2/c6-3-4-7-2-1-5(8-4)9(10)11/h1-2H. The largest absolute Gasteiger partial charge is 0.368 e. The Kier molecular flexibility index (Phi) is 1.74. The summed E-state index contributed by atoms with van der Waals surface area (Å²) in [5.41, 5.74) is 0. The van der Waals surface area contributed by atoms with Crippen molar-refractivity contribution in [3.8, 4) is 6.07 Å². The van der Waals surface area contributed by atoms with Gasteiger partial charge in [-0.3, -0.25) is 0 Å². The van der Waals surface area contributed by atoms with Crippen LogP contribution in [0, 0.1) is 21.4 Å². The lowest BCUT2D eigenvalue weighted by atomic mass is 10.5. The maximum atomic E-state index is 10.1. The van der Waals surface area contributed by atoms with Gasteiger partial charge in [0.2, 0.25) is 0 Å². The topological polar surface area (TPSA) is 92.7 Å². The molecule has 0 aliphatic rings. The number of rotatable bonds is 1. The van der Waals surface area contributed by atoms with Gasteiger partial charge in [0.15, 0.2) is 6.07 Å². The van der Waals surface area contributed by atoms with E-state index in [1.807, 2.05) is 0 Å². The minimum Gasteiger partial charge on any atom is -0.358 e. The first-order chi connectivity index (χ1) is 5.24. The molecule has 0 amide bonds. The molecule has 0 aliphatic heterocycles. The average Bonchev–Trinajstić information content (AvgIpc) is 2.05. The van der Waals surface area contributed by atoms with E-state index in [0.29, 0.717) is 0 Å². The zero-order chi connectivity index (χ0) is 8.27. The van der Waals surface area contributed by atoms with Gasteiger partial charge in [0.05, 0.1) is 6.07 Å². The molecule has 0 aromatic carbocycles. The number of aromatic nitrogens is 2.